The van der Waals surface area contributed by atoms with E-state index in [2.05, 4.69) is 12.8 Å². The summed E-state index contributed by atoms with van der Waals surface area (Å²) in [6, 6.07) is 2.03. The number of halogens is 3. The van der Waals surface area contributed by atoms with E-state index in [4.69, 9.17) is 11.6 Å². The molecule has 0 spiro atoms. The number of hydrogen-bond acceptors (Lipinski definition) is 0. The van der Waals surface area contributed by atoms with E-state index < -0.39 is 11.6 Å². The van der Waals surface area contributed by atoms with Gasteiger partial charge in [-0.25, -0.2) is 8.78 Å². The van der Waals surface area contributed by atoms with E-state index in [0.717, 1.165) is 12.1 Å². The van der Waals surface area contributed by atoms with Crippen LogP contribution in [0.1, 0.15) is 5.56 Å². The predicted molar refractivity (Wildman–Crippen MR) is 46.0 cm³/mol. The van der Waals surface area contributed by atoms with Gasteiger partial charge in [0.05, 0.1) is 5.02 Å². The Morgan fingerprint density at radius 2 is 1.67 bits per heavy atom. The molecule has 0 nitrogen and oxygen atoms in total. The van der Waals surface area contributed by atoms with Crippen LogP contribution in [0.2, 0.25) is 5.02 Å². The molecular formula is C9H7ClF2. The maximum atomic E-state index is 12.5. The van der Waals surface area contributed by atoms with Gasteiger partial charge in [0.15, 0.2) is 0 Å². The molecule has 0 saturated carbocycles. The lowest BCUT2D eigenvalue weighted by Crippen LogP contribution is -1.84. The van der Waals surface area contributed by atoms with Crippen molar-refractivity contribution in [1.82, 2.24) is 0 Å². The normalized spacial score (nSPS) is 8.50. The lowest BCUT2D eigenvalue weighted by molar-refractivity contribution is 0.593. The van der Waals surface area contributed by atoms with Gasteiger partial charge in [0, 0.05) is 0 Å². The molecule has 64 valence electrons. The van der Waals surface area contributed by atoms with Crippen LogP contribution in [0.4, 0.5) is 8.78 Å². The Hall–Kier alpha value is -1.07. The van der Waals surface area contributed by atoms with E-state index in [0.29, 0.717) is 0 Å². The maximum absolute atomic E-state index is 12.5. The molecule has 12 heavy (non-hydrogen) atoms. The van der Waals surface area contributed by atoms with Crippen molar-refractivity contribution in [2.45, 2.75) is 6.92 Å². The zero-order valence-corrected chi connectivity index (χ0v) is 7.20. The monoisotopic (exact) mass is 188 g/mol. The van der Waals surface area contributed by atoms with Gasteiger partial charge < -0.3 is 0 Å². The first kappa shape index (κ1) is 10.9. The fraction of sp³-hybridized carbons (Fsp3) is 0.111. The molecular weight excluding hydrogens is 182 g/mol. The van der Waals surface area contributed by atoms with Gasteiger partial charge in [0.1, 0.15) is 11.6 Å². The molecule has 0 bridgehead atoms. The molecule has 0 aliphatic heterocycles. The minimum atomic E-state index is -0.583. The Kier molecular flexibility index (Phi) is 4.31. The Morgan fingerprint density at radius 3 is 2.08 bits per heavy atom. The largest absolute Gasteiger partial charge is 0.207 e. The molecule has 1 aromatic rings. The van der Waals surface area contributed by atoms with Gasteiger partial charge in [-0.2, -0.15) is 0 Å². The van der Waals surface area contributed by atoms with Gasteiger partial charge in [-0.05, 0) is 24.6 Å². The van der Waals surface area contributed by atoms with Crippen LogP contribution in [0.15, 0.2) is 12.1 Å². The second-order valence-electron chi connectivity index (χ2n) is 2.02. The Bertz CT molecular complexity index is 242. The molecule has 0 saturated heterocycles. The van der Waals surface area contributed by atoms with E-state index in [1.807, 2.05) is 0 Å². The highest BCUT2D eigenvalue weighted by atomic mass is 35.5. The average molecular weight is 189 g/mol. The Balaban J connectivity index is 0.000000561. The summed E-state index contributed by atoms with van der Waals surface area (Å²) in [7, 11) is 0. The molecule has 0 atom stereocenters. The third-order valence-electron chi connectivity index (χ3n) is 1.20. The Morgan fingerprint density at radius 1 is 1.17 bits per heavy atom. The minimum absolute atomic E-state index is 0.178. The van der Waals surface area contributed by atoms with Crippen molar-refractivity contribution in [3.05, 3.63) is 34.4 Å². The number of hydrogen-bond donors (Lipinski definition) is 0. The summed E-state index contributed by atoms with van der Waals surface area (Å²) in [5, 5.41) is -0.178. The third-order valence-corrected chi connectivity index (χ3v) is 1.49. The highest BCUT2D eigenvalue weighted by molar-refractivity contribution is 6.30. The van der Waals surface area contributed by atoms with E-state index in [1.54, 1.807) is 0 Å². The first-order valence-corrected chi connectivity index (χ1v) is 3.43. The van der Waals surface area contributed by atoms with Gasteiger partial charge in [-0.3, -0.25) is 0 Å². The van der Waals surface area contributed by atoms with Gasteiger partial charge >= 0.3 is 0 Å². The molecule has 0 aliphatic rings. The quantitative estimate of drug-likeness (QED) is 0.433. The van der Waals surface area contributed by atoms with Gasteiger partial charge in [0.2, 0.25) is 0 Å². The number of terminal acetylenes is 1. The third kappa shape index (κ3) is 2.52. The van der Waals surface area contributed by atoms with Crippen LogP contribution in [-0.4, -0.2) is 0 Å². The lowest BCUT2D eigenvalue weighted by Gasteiger charge is -1.96. The highest BCUT2D eigenvalue weighted by Gasteiger charge is 2.03. The summed E-state index contributed by atoms with van der Waals surface area (Å²) < 4.78 is 25.0. The summed E-state index contributed by atoms with van der Waals surface area (Å²) in [5.74, 6) is -1.06. The average Bonchev–Trinajstić information content (AvgIpc) is 2.05. The van der Waals surface area contributed by atoms with Crippen LogP contribution in [0, 0.1) is 31.4 Å². The van der Waals surface area contributed by atoms with Crippen LogP contribution in [0.3, 0.4) is 0 Å². The van der Waals surface area contributed by atoms with Crippen molar-refractivity contribution < 1.29 is 8.78 Å². The second-order valence-corrected chi connectivity index (χ2v) is 2.42. The smallest absolute Gasteiger partial charge is 0.142 e. The highest BCUT2D eigenvalue weighted by Crippen LogP contribution is 2.17. The Labute approximate surface area is 75.2 Å². The van der Waals surface area contributed by atoms with Crippen LogP contribution in [0.5, 0.6) is 0 Å². The van der Waals surface area contributed by atoms with E-state index in [9.17, 15) is 8.78 Å². The van der Waals surface area contributed by atoms with Crippen molar-refractivity contribution in [2.75, 3.05) is 0 Å². The SMILES string of the molecule is C#C.Cc1cc(F)c(Cl)cc1F. The molecule has 0 amide bonds. The zero-order valence-electron chi connectivity index (χ0n) is 6.44. The zero-order chi connectivity index (χ0) is 9.72. The maximum Gasteiger partial charge on any atom is 0.142 e. The molecule has 0 aliphatic carbocycles. The van der Waals surface area contributed by atoms with Gasteiger partial charge in [-0.15, -0.1) is 12.8 Å². The summed E-state index contributed by atoms with van der Waals surface area (Å²) in [4.78, 5) is 0. The van der Waals surface area contributed by atoms with Crippen molar-refractivity contribution in [2.24, 2.45) is 0 Å². The number of benzene rings is 1. The topological polar surface area (TPSA) is 0 Å². The molecule has 1 rings (SSSR count). The molecule has 0 heterocycles. The van der Waals surface area contributed by atoms with E-state index >= 15 is 0 Å². The molecule has 1 aromatic carbocycles. The second kappa shape index (κ2) is 4.74. The van der Waals surface area contributed by atoms with Crippen LogP contribution < -0.4 is 0 Å². The molecule has 0 fully saturated rings. The van der Waals surface area contributed by atoms with Crippen LogP contribution in [-0.2, 0) is 0 Å². The van der Waals surface area contributed by atoms with Crippen molar-refractivity contribution in [3.63, 3.8) is 0 Å². The van der Waals surface area contributed by atoms with Crippen molar-refractivity contribution in [3.8, 4) is 12.8 Å². The summed E-state index contributed by atoms with van der Waals surface area (Å²) in [6.07, 6.45) is 8.00. The molecule has 3 heteroatoms. The summed E-state index contributed by atoms with van der Waals surface area (Å²) >= 11 is 5.27. The standard InChI is InChI=1S/C7H5ClF2.C2H2/c1-4-2-7(10)5(8)3-6(4)9;1-2/h2-3H,1H3;1-2H. The van der Waals surface area contributed by atoms with Crippen LogP contribution >= 0.6 is 11.6 Å². The predicted octanol–water partition coefficient (Wildman–Crippen LogP) is 3.18. The molecule has 0 unspecified atom stereocenters. The fourth-order valence-electron chi connectivity index (χ4n) is 0.622. The molecule has 0 aromatic heterocycles. The van der Waals surface area contributed by atoms with Crippen molar-refractivity contribution in [1.29, 1.82) is 0 Å². The lowest BCUT2D eigenvalue weighted by atomic mass is 10.2. The number of aryl methyl sites for hydroxylation is 1. The first-order chi connectivity index (χ1) is 5.61. The van der Waals surface area contributed by atoms with Crippen LogP contribution in [0.25, 0.3) is 0 Å². The molecule has 0 N–H and O–H groups in total. The van der Waals surface area contributed by atoms with E-state index in [1.165, 1.54) is 6.92 Å². The summed E-state index contributed by atoms with van der Waals surface area (Å²) in [5.41, 5.74) is 0.266. The molecule has 0 radical (unpaired) electrons. The first-order valence-electron chi connectivity index (χ1n) is 3.05. The van der Waals surface area contributed by atoms with Gasteiger partial charge in [0.25, 0.3) is 0 Å². The summed E-state index contributed by atoms with van der Waals surface area (Å²) in [6.45, 7) is 1.48. The van der Waals surface area contributed by atoms with E-state index in [-0.39, 0.29) is 10.6 Å². The van der Waals surface area contributed by atoms with Gasteiger partial charge in [-0.1, -0.05) is 11.6 Å². The minimum Gasteiger partial charge on any atom is -0.207 e. The fourth-order valence-corrected chi connectivity index (χ4v) is 0.772. The number of rotatable bonds is 0. The van der Waals surface area contributed by atoms with Crippen molar-refractivity contribution >= 4 is 11.6 Å².